The van der Waals surface area contributed by atoms with Gasteiger partial charge in [-0.1, -0.05) is 159 Å². The Morgan fingerprint density at radius 1 is 0.289 bits per heavy atom. The number of aromatic nitrogens is 20. The smallest absolute Gasteiger partial charge is 0.197 e. The van der Waals surface area contributed by atoms with Crippen molar-refractivity contribution < 1.29 is 23.4 Å². The lowest BCUT2D eigenvalue weighted by Crippen LogP contribution is -2.37. The minimum absolute atomic E-state index is 0.720. The largest absolute Gasteiger partial charge is 0.261 e. The molecule has 10 aromatic rings. The highest BCUT2D eigenvalue weighted by Crippen LogP contribution is 2.16. The van der Waals surface area contributed by atoms with Crippen LogP contribution in [-0.2, 0) is 32.7 Å². The molecule has 0 bridgehead atoms. The molecule has 20 nitrogen and oxygen atoms in total. The highest BCUT2D eigenvalue weighted by Gasteiger charge is 2.09. The Morgan fingerprint density at radius 2 is 0.711 bits per heavy atom. The van der Waals surface area contributed by atoms with E-state index in [0.717, 1.165) is 121 Å². The van der Waals surface area contributed by atoms with E-state index in [1.54, 1.807) is 68.2 Å². The van der Waals surface area contributed by atoms with Crippen molar-refractivity contribution in [3.8, 4) is 56.3 Å². The standard InChI is InChI=1S/5C12H15N4.5C2H6/c1-2-3-7-16-8-4-11(9-15-16)12-10-13-5-6-14-12;1-2-3-8-16-9-5-11(10-15-16)12-13-6-4-7-14-12;1-2-3-7-16-8-5-11(9-15-16)12-4-6-13-10-14-12;1-2-3-7-16-8-5-12(10-15-16)11-4-6-13-14-9-11;1-2-3-8-16-9-6-11(10-14-16)12-5-4-7-13-15-12;5*1-2/h4-6,8-10H,2-3,7H2,1H3;4-7,9-10H,2-3,8H2,1H3;2*4-6,8-10H,2-3,7H2,1H3;4-7,9-10H,2-3,8H2,1H3;5*1-2H3/q5*+1;;;;;. The number of nitrogens with zero attached hydrogens (tertiary/aromatic N) is 20. The van der Waals surface area contributed by atoms with Gasteiger partial charge in [-0.15, -0.1) is 0 Å². The van der Waals surface area contributed by atoms with Crippen LogP contribution in [0.5, 0.6) is 0 Å². The molecule has 0 N–H and O–H groups in total. The minimum atomic E-state index is 0.720. The first-order valence-electron chi connectivity index (χ1n) is 32.6. The quantitative estimate of drug-likeness (QED) is 0.0649. The first kappa shape index (κ1) is 78.8. The summed E-state index contributed by atoms with van der Waals surface area (Å²) in [5.74, 6) is 0.720. The summed E-state index contributed by atoms with van der Waals surface area (Å²) in [7, 11) is 0. The summed E-state index contributed by atoms with van der Waals surface area (Å²) in [4.78, 5) is 24.7. The molecule has 0 radical (unpaired) electrons. The average Bonchev–Trinajstić information content (AvgIpc) is 3.70. The summed E-state index contributed by atoms with van der Waals surface area (Å²) in [5, 5.41) is 37.2. The van der Waals surface area contributed by atoms with Gasteiger partial charge in [0.15, 0.2) is 69.5 Å². The molecule has 20 heteroatoms. The molecule has 0 fully saturated rings. The molecular weight excluding hydrogens is 1120 g/mol. The molecule has 0 amide bonds. The molecule has 480 valence electrons. The number of hydrogen-bond acceptors (Lipinski definition) is 15. The van der Waals surface area contributed by atoms with Gasteiger partial charge in [-0.05, 0) is 55.8 Å². The molecule has 10 rings (SSSR count). The monoisotopic (exact) mass is 1230 g/mol. The maximum atomic E-state index is 4.36. The van der Waals surface area contributed by atoms with Crippen molar-refractivity contribution in [3.63, 3.8) is 0 Å². The maximum absolute atomic E-state index is 4.36. The molecule has 0 aromatic carbocycles. The summed E-state index contributed by atoms with van der Waals surface area (Å²) < 4.78 is 9.75. The van der Waals surface area contributed by atoms with Crippen LogP contribution >= 0.6 is 0 Å². The van der Waals surface area contributed by atoms with Gasteiger partial charge in [0.2, 0.25) is 0 Å². The fourth-order valence-electron chi connectivity index (χ4n) is 7.22. The normalized spacial score (nSPS) is 9.50. The van der Waals surface area contributed by atoms with E-state index in [2.05, 4.69) is 116 Å². The van der Waals surface area contributed by atoms with Gasteiger partial charge in [0.25, 0.3) is 0 Å². The zero-order valence-corrected chi connectivity index (χ0v) is 56.9. The van der Waals surface area contributed by atoms with E-state index in [1.807, 2.05) is 203 Å². The second kappa shape index (κ2) is 54.0. The Balaban J connectivity index is 0.000000542. The van der Waals surface area contributed by atoms with Gasteiger partial charge in [0.1, 0.15) is 37.3 Å². The molecule has 0 aliphatic rings. The Bertz CT molecular complexity index is 2630. The molecule has 0 saturated carbocycles. The van der Waals surface area contributed by atoms with Gasteiger partial charge in [0.05, 0.1) is 35.7 Å². The van der Waals surface area contributed by atoms with Crippen LogP contribution in [0.4, 0.5) is 0 Å². The van der Waals surface area contributed by atoms with Crippen molar-refractivity contribution in [2.45, 2.75) is 201 Å². The fraction of sp³-hybridized carbons (Fsp3) is 0.429. The second-order valence-electron chi connectivity index (χ2n) is 18.2. The van der Waals surface area contributed by atoms with E-state index in [9.17, 15) is 0 Å². The molecule has 10 aromatic heterocycles. The van der Waals surface area contributed by atoms with Gasteiger partial charge in [-0.25, -0.2) is 19.9 Å². The van der Waals surface area contributed by atoms with E-state index in [0.29, 0.717) is 0 Å². The summed E-state index contributed by atoms with van der Waals surface area (Å²) in [6, 6.07) is 19.6. The number of unbranched alkanes of at least 4 members (excludes halogenated alkanes) is 5. The van der Waals surface area contributed by atoms with Crippen LogP contribution in [0.1, 0.15) is 168 Å². The zero-order valence-electron chi connectivity index (χ0n) is 56.9. The van der Waals surface area contributed by atoms with Gasteiger partial charge in [-0.3, -0.25) is 9.97 Å². The molecule has 0 aliphatic carbocycles. The summed E-state index contributed by atoms with van der Waals surface area (Å²) >= 11 is 0. The summed E-state index contributed by atoms with van der Waals surface area (Å²) in [5.41, 5.74) is 8.72. The minimum Gasteiger partial charge on any atom is -0.261 e. The fourth-order valence-corrected chi connectivity index (χ4v) is 7.22. The second-order valence-corrected chi connectivity index (χ2v) is 18.2. The third-order valence-electron chi connectivity index (χ3n) is 11.9. The number of hydrogen-bond donors (Lipinski definition) is 0. The molecule has 90 heavy (non-hydrogen) atoms. The molecule has 0 atom stereocenters. The van der Waals surface area contributed by atoms with Crippen LogP contribution in [0.25, 0.3) is 56.3 Å². The van der Waals surface area contributed by atoms with Crippen LogP contribution in [0.2, 0.25) is 0 Å². The highest BCUT2D eigenvalue weighted by molar-refractivity contribution is 5.60. The lowest BCUT2D eigenvalue weighted by atomic mass is 10.1. The maximum Gasteiger partial charge on any atom is 0.197 e. The molecule has 0 saturated heterocycles. The predicted molar refractivity (Wildman–Crippen MR) is 359 cm³/mol. The summed E-state index contributed by atoms with van der Waals surface area (Å²) in [6.07, 6.45) is 47.8. The van der Waals surface area contributed by atoms with Gasteiger partial charge in [-0.2, -0.15) is 20.4 Å². The molecular formula is C70H105N20+5. The lowest BCUT2D eigenvalue weighted by Gasteiger charge is -1.97. The van der Waals surface area contributed by atoms with Gasteiger partial charge >= 0.3 is 0 Å². The van der Waals surface area contributed by atoms with Gasteiger partial charge < -0.3 is 0 Å². The average molecular weight is 1230 g/mol. The Kier molecular flexibility index (Phi) is 47.3. The SMILES string of the molecule is CC.CC.CC.CC.CC.CCCC[n+]1ccc(-c2cccnn2)cn1.CCCC[n+]1ccc(-c2ccncn2)cn1.CCCC[n+]1ccc(-c2ccnnc2)cn1.CCCC[n+]1ccc(-c2cnccn2)cn1.CCCC[n+]1ccc(-c2ncccn2)cn1. The van der Waals surface area contributed by atoms with E-state index >= 15 is 0 Å². The van der Waals surface area contributed by atoms with E-state index in [-0.39, 0.29) is 0 Å². The van der Waals surface area contributed by atoms with Crippen molar-refractivity contribution in [2.75, 3.05) is 0 Å². The molecule has 0 unspecified atom stereocenters. The first-order chi connectivity index (χ1) is 44.5. The number of rotatable bonds is 20. The van der Waals surface area contributed by atoms with Crippen molar-refractivity contribution >= 4 is 0 Å². The summed E-state index contributed by atoms with van der Waals surface area (Å²) in [6.45, 7) is 35.7. The third kappa shape index (κ3) is 32.7. The van der Waals surface area contributed by atoms with E-state index < -0.39 is 0 Å². The van der Waals surface area contributed by atoms with Gasteiger partial charge in [0, 0.05) is 133 Å². The van der Waals surface area contributed by atoms with E-state index in [1.165, 1.54) is 32.1 Å². The number of aryl methyl sites for hydroxylation is 5. The van der Waals surface area contributed by atoms with Crippen LogP contribution in [-0.4, -0.2) is 75.8 Å². The van der Waals surface area contributed by atoms with Crippen LogP contribution in [0.3, 0.4) is 0 Å². The van der Waals surface area contributed by atoms with Crippen LogP contribution in [0.15, 0.2) is 185 Å². The Hall–Kier alpha value is -9.20. The molecule has 10 heterocycles. The Labute approximate surface area is 538 Å². The van der Waals surface area contributed by atoms with Crippen LogP contribution in [0, 0.1) is 0 Å². The van der Waals surface area contributed by atoms with E-state index in [4.69, 9.17) is 0 Å². The zero-order chi connectivity index (χ0) is 66.1. The Morgan fingerprint density at radius 3 is 1.07 bits per heavy atom. The third-order valence-corrected chi connectivity index (χ3v) is 11.9. The van der Waals surface area contributed by atoms with Crippen molar-refractivity contribution in [1.82, 2.24) is 75.8 Å². The predicted octanol–water partition coefficient (Wildman–Crippen LogP) is 13.3. The molecule has 0 aliphatic heterocycles. The molecule has 0 spiro atoms. The van der Waals surface area contributed by atoms with Crippen molar-refractivity contribution in [3.05, 3.63) is 185 Å². The first-order valence-corrected chi connectivity index (χ1v) is 32.6. The topological polar surface area (TPSA) is 213 Å². The lowest BCUT2D eigenvalue weighted by molar-refractivity contribution is -0.754. The van der Waals surface area contributed by atoms with Crippen LogP contribution < -0.4 is 23.4 Å². The van der Waals surface area contributed by atoms with Crippen molar-refractivity contribution in [2.24, 2.45) is 0 Å². The highest BCUT2D eigenvalue weighted by atomic mass is 15.3. The van der Waals surface area contributed by atoms with Crippen molar-refractivity contribution in [1.29, 1.82) is 0 Å².